The number of aromatic nitrogens is 3. The molecule has 4 aromatic rings. The van der Waals surface area contributed by atoms with Crippen molar-refractivity contribution in [2.75, 3.05) is 11.9 Å². The normalized spacial score (nSPS) is 17.1. The van der Waals surface area contributed by atoms with E-state index in [0.717, 1.165) is 39.6 Å². The fraction of sp³-hybridized carbons (Fsp3) is 0.241. The third kappa shape index (κ3) is 5.11. The van der Waals surface area contributed by atoms with Crippen LogP contribution in [-0.4, -0.2) is 37.0 Å². The monoisotopic (exact) mass is 510 g/mol. The summed E-state index contributed by atoms with van der Waals surface area (Å²) in [5.41, 5.74) is 7.22. The molecule has 188 valence electrons. The minimum Gasteiger partial charge on any atom is -0.352 e. The van der Waals surface area contributed by atoms with Crippen LogP contribution in [0.1, 0.15) is 46.7 Å². The highest BCUT2D eigenvalue weighted by atomic mass is 32.1. The number of thiocarbonyl (C=S) groups is 1. The Labute approximate surface area is 222 Å². The summed E-state index contributed by atoms with van der Waals surface area (Å²) in [6, 6.07) is 19.7. The van der Waals surface area contributed by atoms with Crippen LogP contribution >= 0.6 is 12.2 Å². The van der Waals surface area contributed by atoms with Crippen molar-refractivity contribution in [1.82, 2.24) is 24.8 Å². The highest BCUT2D eigenvalue weighted by Crippen LogP contribution is 2.41. The first-order chi connectivity index (χ1) is 17.9. The van der Waals surface area contributed by atoms with Crippen molar-refractivity contribution in [3.8, 4) is 5.69 Å². The van der Waals surface area contributed by atoms with Gasteiger partial charge < -0.3 is 20.1 Å². The molecule has 1 fully saturated rings. The van der Waals surface area contributed by atoms with E-state index in [2.05, 4.69) is 56.0 Å². The number of aryl methyl sites for hydroxylation is 2. The molecule has 1 amide bonds. The number of nitrogens with zero attached hydrogens (tertiary/aromatic N) is 4. The summed E-state index contributed by atoms with van der Waals surface area (Å²) < 4.78 is 2.21. The van der Waals surface area contributed by atoms with Crippen LogP contribution in [0.15, 0.2) is 79.3 Å². The molecule has 37 heavy (non-hydrogen) atoms. The van der Waals surface area contributed by atoms with Crippen molar-refractivity contribution in [3.63, 3.8) is 0 Å². The third-order valence-corrected chi connectivity index (χ3v) is 7.16. The van der Waals surface area contributed by atoms with Crippen molar-refractivity contribution in [3.05, 3.63) is 107 Å². The summed E-state index contributed by atoms with van der Waals surface area (Å²) in [6.07, 6.45) is 5.75. The molecule has 7 nitrogen and oxygen atoms in total. The number of pyridine rings is 2. The molecule has 0 saturated carbocycles. The molecule has 0 bridgehead atoms. The van der Waals surface area contributed by atoms with Gasteiger partial charge in [-0.3, -0.25) is 14.8 Å². The Kier molecular flexibility index (Phi) is 7.01. The van der Waals surface area contributed by atoms with Crippen molar-refractivity contribution >= 4 is 28.9 Å². The Morgan fingerprint density at radius 2 is 1.86 bits per heavy atom. The van der Waals surface area contributed by atoms with Crippen LogP contribution in [0.4, 0.5) is 5.69 Å². The maximum atomic E-state index is 12.8. The van der Waals surface area contributed by atoms with E-state index in [1.54, 1.807) is 12.4 Å². The summed E-state index contributed by atoms with van der Waals surface area (Å²) in [6.45, 7) is 6.72. The smallest absolute Gasteiger partial charge is 0.226 e. The average molecular weight is 511 g/mol. The van der Waals surface area contributed by atoms with E-state index in [-0.39, 0.29) is 18.0 Å². The zero-order valence-corrected chi connectivity index (χ0v) is 22.0. The molecule has 0 unspecified atom stereocenters. The maximum Gasteiger partial charge on any atom is 0.226 e. The van der Waals surface area contributed by atoms with E-state index in [4.69, 9.17) is 12.2 Å². The van der Waals surface area contributed by atoms with Gasteiger partial charge >= 0.3 is 0 Å². The molecule has 1 saturated heterocycles. The highest BCUT2D eigenvalue weighted by molar-refractivity contribution is 7.80. The lowest BCUT2D eigenvalue weighted by Crippen LogP contribution is -2.32. The van der Waals surface area contributed by atoms with Gasteiger partial charge in [-0.1, -0.05) is 23.8 Å². The van der Waals surface area contributed by atoms with Gasteiger partial charge in [0.05, 0.1) is 29.7 Å². The average Bonchev–Trinajstić information content (AvgIpc) is 3.39. The Balaban J connectivity index is 1.45. The lowest BCUT2D eigenvalue weighted by atomic mass is 9.96. The summed E-state index contributed by atoms with van der Waals surface area (Å²) >= 11 is 5.81. The van der Waals surface area contributed by atoms with Gasteiger partial charge in [-0.25, -0.2) is 0 Å². The molecule has 8 heteroatoms. The van der Waals surface area contributed by atoms with E-state index in [9.17, 15) is 4.79 Å². The van der Waals surface area contributed by atoms with Crippen LogP contribution in [0, 0.1) is 20.8 Å². The minimum absolute atomic E-state index is 0.0486. The Bertz CT molecular complexity index is 1400. The molecule has 2 N–H and O–H groups in total. The van der Waals surface area contributed by atoms with Crippen LogP contribution < -0.4 is 10.6 Å². The number of anilines is 1. The first kappa shape index (κ1) is 24.6. The predicted octanol–water partition coefficient (Wildman–Crippen LogP) is 5.19. The number of carbonyl (C=O) groups excluding carboxylic acids is 1. The standard InChI is InChI=1S/C29H30N6OS/c1-19-9-11-22(12-10-19)32-26(36)13-16-34-28(27(33-29(34)37)25-8-4-5-15-31-25)24-17-20(2)35(21(24)3)23-7-6-14-30-18-23/h4-12,14-15,17-18,27-28H,13,16H2,1-3H3,(H,32,36)(H,33,37)/t27-,28-/m1/s1. The minimum atomic E-state index is -0.142. The third-order valence-electron chi connectivity index (χ3n) is 6.81. The Morgan fingerprint density at radius 3 is 2.57 bits per heavy atom. The van der Waals surface area contributed by atoms with E-state index >= 15 is 0 Å². The van der Waals surface area contributed by atoms with E-state index in [0.29, 0.717) is 18.1 Å². The van der Waals surface area contributed by atoms with Crippen molar-refractivity contribution in [1.29, 1.82) is 0 Å². The van der Waals surface area contributed by atoms with E-state index in [1.807, 2.05) is 61.7 Å². The summed E-state index contributed by atoms with van der Waals surface area (Å²) in [7, 11) is 0. The van der Waals surface area contributed by atoms with Crippen LogP contribution in [0.25, 0.3) is 5.69 Å². The topological polar surface area (TPSA) is 75.1 Å². The summed E-state index contributed by atoms with van der Waals surface area (Å²) in [5.74, 6) is -0.0486. The summed E-state index contributed by atoms with van der Waals surface area (Å²) in [4.78, 5) is 23.9. The molecule has 1 aliphatic rings. The predicted molar refractivity (Wildman–Crippen MR) is 150 cm³/mol. The molecule has 3 aromatic heterocycles. The number of benzene rings is 1. The van der Waals surface area contributed by atoms with Crippen LogP contribution in [-0.2, 0) is 4.79 Å². The largest absolute Gasteiger partial charge is 0.352 e. The van der Waals surface area contributed by atoms with Gasteiger partial charge in [0.1, 0.15) is 0 Å². The van der Waals surface area contributed by atoms with Crippen LogP contribution in [0.3, 0.4) is 0 Å². The second kappa shape index (κ2) is 10.5. The Hall–Kier alpha value is -4.04. The number of amides is 1. The zero-order chi connectivity index (χ0) is 25.9. The van der Waals surface area contributed by atoms with Gasteiger partial charge in [0.25, 0.3) is 0 Å². The van der Waals surface area contributed by atoms with Gasteiger partial charge in [0, 0.05) is 42.4 Å². The number of rotatable bonds is 7. The van der Waals surface area contributed by atoms with Crippen LogP contribution in [0.2, 0.25) is 0 Å². The zero-order valence-electron chi connectivity index (χ0n) is 21.2. The van der Waals surface area contributed by atoms with E-state index in [1.165, 1.54) is 0 Å². The van der Waals surface area contributed by atoms with Crippen molar-refractivity contribution < 1.29 is 4.79 Å². The summed E-state index contributed by atoms with van der Waals surface area (Å²) in [5, 5.41) is 7.10. The highest BCUT2D eigenvalue weighted by Gasteiger charge is 2.41. The first-order valence-corrected chi connectivity index (χ1v) is 12.8. The fourth-order valence-electron chi connectivity index (χ4n) is 5.04. The van der Waals surface area contributed by atoms with Crippen molar-refractivity contribution in [2.45, 2.75) is 39.3 Å². The van der Waals surface area contributed by atoms with Gasteiger partial charge in [-0.15, -0.1) is 0 Å². The van der Waals surface area contributed by atoms with Crippen LogP contribution in [0.5, 0.6) is 0 Å². The van der Waals surface area contributed by atoms with Gasteiger partial charge in [0.15, 0.2) is 5.11 Å². The fourth-order valence-corrected chi connectivity index (χ4v) is 5.37. The maximum absolute atomic E-state index is 12.8. The Morgan fingerprint density at radius 1 is 1.05 bits per heavy atom. The number of hydrogen-bond donors (Lipinski definition) is 2. The van der Waals surface area contributed by atoms with Gasteiger partial charge in [-0.2, -0.15) is 0 Å². The number of nitrogens with one attached hydrogen (secondary N) is 2. The second-order valence-electron chi connectivity index (χ2n) is 9.36. The quantitative estimate of drug-likeness (QED) is 0.333. The second-order valence-corrected chi connectivity index (χ2v) is 9.74. The lowest BCUT2D eigenvalue weighted by Gasteiger charge is -2.28. The van der Waals surface area contributed by atoms with E-state index < -0.39 is 0 Å². The molecule has 5 rings (SSSR count). The molecule has 1 aromatic carbocycles. The number of carbonyl (C=O) groups is 1. The molecule has 0 aliphatic carbocycles. The molecule has 0 radical (unpaired) electrons. The molecule has 2 atom stereocenters. The molecular weight excluding hydrogens is 480 g/mol. The molecule has 4 heterocycles. The van der Waals surface area contributed by atoms with Crippen molar-refractivity contribution in [2.24, 2.45) is 0 Å². The number of hydrogen-bond acceptors (Lipinski definition) is 4. The lowest BCUT2D eigenvalue weighted by molar-refractivity contribution is -0.116. The van der Waals surface area contributed by atoms with Gasteiger partial charge in [-0.05, 0) is 81.0 Å². The SMILES string of the molecule is Cc1ccc(NC(=O)CCN2C(=S)N[C@H](c3ccccn3)[C@H]2c2cc(C)n(-c3cccnc3)c2C)cc1. The molecular formula is C29H30N6OS. The molecule has 1 aliphatic heterocycles. The first-order valence-electron chi connectivity index (χ1n) is 12.4. The molecule has 0 spiro atoms. The van der Waals surface area contributed by atoms with Gasteiger partial charge in [0.2, 0.25) is 5.91 Å².